The Morgan fingerprint density at radius 2 is 1.37 bits per heavy atom. The van der Waals surface area contributed by atoms with Gasteiger partial charge in [-0.05, 0) is 35.1 Å². The van der Waals surface area contributed by atoms with E-state index in [0.29, 0.717) is 5.56 Å². The van der Waals surface area contributed by atoms with Gasteiger partial charge in [0, 0.05) is 6.54 Å². The van der Waals surface area contributed by atoms with Crippen LogP contribution < -0.4 is 5.32 Å². The van der Waals surface area contributed by atoms with Crippen molar-refractivity contribution < 1.29 is 19.7 Å². The van der Waals surface area contributed by atoms with Gasteiger partial charge in [0.1, 0.15) is 12.7 Å². The van der Waals surface area contributed by atoms with Crippen molar-refractivity contribution in [3.63, 3.8) is 0 Å². The summed E-state index contributed by atoms with van der Waals surface area (Å²) in [5.41, 5.74) is 3.90. The van der Waals surface area contributed by atoms with Crippen LogP contribution in [0.15, 0.2) is 84.9 Å². The lowest BCUT2D eigenvalue weighted by Crippen LogP contribution is -2.29. The Morgan fingerprint density at radius 3 is 2.00 bits per heavy atom. The SMILES string of the molecule is O=C(NCCC(O)C(O)c1ccc(Cc2ccccc2)cc1)OCc1ccccc1. The van der Waals surface area contributed by atoms with Gasteiger partial charge in [0.05, 0.1) is 6.10 Å². The van der Waals surface area contributed by atoms with Crippen LogP contribution >= 0.6 is 0 Å². The molecule has 0 fully saturated rings. The van der Waals surface area contributed by atoms with E-state index in [1.54, 1.807) is 0 Å². The van der Waals surface area contributed by atoms with E-state index >= 15 is 0 Å². The molecule has 0 bridgehead atoms. The van der Waals surface area contributed by atoms with Gasteiger partial charge in [-0.25, -0.2) is 4.79 Å². The minimum absolute atomic E-state index is 0.188. The molecule has 5 heteroatoms. The molecule has 3 N–H and O–H groups in total. The van der Waals surface area contributed by atoms with Crippen LogP contribution in [0.25, 0.3) is 0 Å². The van der Waals surface area contributed by atoms with Crippen molar-refractivity contribution in [2.45, 2.75) is 31.7 Å². The van der Waals surface area contributed by atoms with Gasteiger partial charge in [-0.1, -0.05) is 84.9 Å². The first-order chi connectivity index (χ1) is 14.6. The maximum atomic E-state index is 11.7. The van der Waals surface area contributed by atoms with Crippen molar-refractivity contribution in [2.75, 3.05) is 6.54 Å². The maximum absolute atomic E-state index is 11.7. The van der Waals surface area contributed by atoms with E-state index in [-0.39, 0.29) is 19.6 Å². The van der Waals surface area contributed by atoms with Crippen molar-refractivity contribution >= 4 is 6.09 Å². The highest BCUT2D eigenvalue weighted by Crippen LogP contribution is 2.20. The molecule has 0 radical (unpaired) electrons. The Balaban J connectivity index is 1.40. The largest absolute Gasteiger partial charge is 0.445 e. The van der Waals surface area contributed by atoms with Gasteiger partial charge in [-0.3, -0.25) is 0 Å². The zero-order chi connectivity index (χ0) is 21.2. The molecule has 3 aromatic carbocycles. The molecule has 156 valence electrons. The number of benzene rings is 3. The van der Waals surface area contributed by atoms with Crippen LogP contribution in [0.4, 0.5) is 4.79 Å². The van der Waals surface area contributed by atoms with Gasteiger partial charge in [0.2, 0.25) is 0 Å². The highest BCUT2D eigenvalue weighted by atomic mass is 16.5. The summed E-state index contributed by atoms with van der Waals surface area (Å²) in [5.74, 6) is 0. The second-order valence-corrected chi connectivity index (χ2v) is 7.19. The smallest absolute Gasteiger partial charge is 0.407 e. The second kappa shape index (κ2) is 11.1. The maximum Gasteiger partial charge on any atom is 0.407 e. The summed E-state index contributed by atoms with van der Waals surface area (Å²) in [6.07, 6.45) is -1.52. The normalized spacial score (nSPS) is 12.7. The number of ether oxygens (including phenoxy) is 1. The molecule has 2 unspecified atom stereocenters. The average Bonchev–Trinajstić information content (AvgIpc) is 2.79. The number of hydrogen-bond acceptors (Lipinski definition) is 4. The molecule has 0 aromatic heterocycles. The third-order valence-corrected chi connectivity index (χ3v) is 4.86. The van der Waals surface area contributed by atoms with Gasteiger partial charge in [-0.15, -0.1) is 0 Å². The highest BCUT2D eigenvalue weighted by molar-refractivity contribution is 5.67. The van der Waals surface area contributed by atoms with Crippen molar-refractivity contribution in [2.24, 2.45) is 0 Å². The van der Waals surface area contributed by atoms with E-state index in [1.807, 2.05) is 72.8 Å². The third-order valence-electron chi connectivity index (χ3n) is 4.86. The summed E-state index contributed by atoms with van der Waals surface area (Å²) >= 11 is 0. The Bertz CT molecular complexity index is 897. The fourth-order valence-electron chi connectivity index (χ4n) is 3.14. The standard InChI is InChI=1S/C25H27NO4/c27-23(15-16-26-25(29)30-18-21-9-5-2-6-10-21)24(28)22-13-11-20(12-14-22)17-19-7-3-1-4-8-19/h1-14,23-24,27-28H,15-18H2,(H,26,29). The third kappa shape index (κ3) is 6.72. The van der Waals surface area contributed by atoms with Gasteiger partial charge in [0.25, 0.3) is 0 Å². The first-order valence-corrected chi connectivity index (χ1v) is 10.1. The number of hydrogen-bond donors (Lipinski definition) is 3. The van der Waals surface area contributed by atoms with Crippen LogP contribution in [0.2, 0.25) is 0 Å². The number of aliphatic hydroxyl groups excluding tert-OH is 2. The molecule has 2 atom stereocenters. The van der Waals surface area contributed by atoms with Gasteiger partial charge in [-0.2, -0.15) is 0 Å². The fraction of sp³-hybridized carbons (Fsp3) is 0.240. The summed E-state index contributed by atoms with van der Waals surface area (Å²) in [4.78, 5) is 11.7. The Morgan fingerprint density at radius 1 is 0.800 bits per heavy atom. The number of nitrogens with one attached hydrogen (secondary N) is 1. The number of alkyl carbamates (subject to hydrolysis) is 1. The molecule has 0 aliphatic rings. The van der Waals surface area contributed by atoms with E-state index in [0.717, 1.165) is 17.5 Å². The Hall–Kier alpha value is -3.15. The summed E-state index contributed by atoms with van der Waals surface area (Å²) in [6, 6.07) is 27.1. The molecule has 0 aliphatic carbocycles. The molecular weight excluding hydrogens is 378 g/mol. The molecule has 0 aliphatic heterocycles. The number of carbonyl (C=O) groups is 1. The number of carbonyl (C=O) groups excluding carboxylic acids is 1. The molecule has 3 rings (SSSR count). The van der Waals surface area contributed by atoms with Gasteiger partial charge in [0.15, 0.2) is 0 Å². The average molecular weight is 405 g/mol. The highest BCUT2D eigenvalue weighted by Gasteiger charge is 2.18. The van der Waals surface area contributed by atoms with Gasteiger partial charge >= 0.3 is 6.09 Å². The molecule has 0 heterocycles. The molecule has 3 aromatic rings. The van der Waals surface area contributed by atoms with Crippen molar-refractivity contribution in [3.8, 4) is 0 Å². The zero-order valence-electron chi connectivity index (χ0n) is 16.8. The van der Waals surface area contributed by atoms with Crippen LogP contribution in [0.3, 0.4) is 0 Å². The summed E-state index contributed by atoms with van der Waals surface area (Å²) in [5, 5.41) is 23.2. The van der Waals surface area contributed by atoms with E-state index in [2.05, 4.69) is 17.4 Å². The fourth-order valence-corrected chi connectivity index (χ4v) is 3.14. The lowest BCUT2D eigenvalue weighted by Gasteiger charge is -2.18. The summed E-state index contributed by atoms with van der Waals surface area (Å²) in [7, 11) is 0. The minimum Gasteiger partial charge on any atom is -0.445 e. The number of amides is 1. The van der Waals surface area contributed by atoms with Crippen LogP contribution in [-0.4, -0.2) is 29.0 Å². The summed E-state index contributed by atoms with van der Waals surface area (Å²) in [6.45, 7) is 0.394. The predicted octanol–water partition coefficient (Wildman–Crippen LogP) is 3.99. The molecule has 0 saturated carbocycles. The van der Waals surface area contributed by atoms with Crippen LogP contribution in [-0.2, 0) is 17.8 Å². The first kappa shape index (κ1) is 21.6. The van der Waals surface area contributed by atoms with E-state index in [4.69, 9.17) is 4.74 Å². The minimum atomic E-state index is -1.02. The predicted molar refractivity (Wildman–Crippen MR) is 116 cm³/mol. The molecule has 5 nitrogen and oxygen atoms in total. The van der Waals surface area contributed by atoms with E-state index < -0.39 is 18.3 Å². The van der Waals surface area contributed by atoms with Crippen LogP contribution in [0, 0.1) is 0 Å². The second-order valence-electron chi connectivity index (χ2n) is 7.19. The Kier molecular flexibility index (Phi) is 8.01. The summed E-state index contributed by atoms with van der Waals surface area (Å²) < 4.78 is 5.12. The van der Waals surface area contributed by atoms with Crippen molar-refractivity contribution in [1.29, 1.82) is 0 Å². The Labute approximate surface area is 177 Å². The monoisotopic (exact) mass is 405 g/mol. The van der Waals surface area contributed by atoms with Crippen molar-refractivity contribution in [3.05, 3.63) is 107 Å². The van der Waals surface area contributed by atoms with Crippen molar-refractivity contribution in [1.82, 2.24) is 5.32 Å². The molecule has 30 heavy (non-hydrogen) atoms. The van der Waals surface area contributed by atoms with E-state index in [9.17, 15) is 15.0 Å². The zero-order valence-corrected chi connectivity index (χ0v) is 16.8. The topological polar surface area (TPSA) is 78.8 Å². The number of aliphatic hydroxyl groups is 2. The molecule has 0 saturated heterocycles. The van der Waals surface area contributed by atoms with Crippen LogP contribution in [0.1, 0.15) is 34.8 Å². The molecule has 1 amide bonds. The lowest BCUT2D eigenvalue weighted by atomic mass is 9.98. The van der Waals surface area contributed by atoms with Gasteiger partial charge < -0.3 is 20.3 Å². The van der Waals surface area contributed by atoms with E-state index in [1.165, 1.54) is 5.56 Å². The van der Waals surface area contributed by atoms with Crippen LogP contribution in [0.5, 0.6) is 0 Å². The first-order valence-electron chi connectivity index (χ1n) is 10.1. The molecule has 0 spiro atoms. The molecular formula is C25H27NO4. The lowest BCUT2D eigenvalue weighted by molar-refractivity contribution is 0.0136. The quantitative estimate of drug-likeness (QED) is 0.503. The number of rotatable bonds is 9.